The number of carbonyl (C=O) groups excluding carboxylic acids is 2. The van der Waals surface area contributed by atoms with Crippen molar-refractivity contribution in [1.82, 2.24) is 9.80 Å². The van der Waals surface area contributed by atoms with E-state index in [-0.39, 0.29) is 11.9 Å². The molecule has 0 aliphatic carbocycles. The summed E-state index contributed by atoms with van der Waals surface area (Å²) in [7, 11) is 1.61. The second-order valence-corrected chi connectivity index (χ2v) is 6.58. The first-order valence-corrected chi connectivity index (χ1v) is 9.28. The second kappa shape index (κ2) is 9.12. The molecule has 1 aliphatic heterocycles. The Morgan fingerprint density at radius 3 is 2.29 bits per heavy atom. The smallest absolute Gasteiger partial charge is 0.321 e. The lowest BCUT2D eigenvalue weighted by atomic mass is 10.3. The lowest BCUT2D eigenvalue weighted by Crippen LogP contribution is -2.38. The minimum atomic E-state index is -0.160. The fourth-order valence-electron chi connectivity index (χ4n) is 3.05. The Bertz CT molecular complexity index is 823. The van der Waals surface area contributed by atoms with Crippen molar-refractivity contribution in [2.45, 2.75) is 13.3 Å². The number of nitrogens with one attached hydrogen (secondary N) is 1. The highest BCUT2D eigenvalue weighted by Crippen LogP contribution is 2.26. The van der Waals surface area contributed by atoms with E-state index < -0.39 is 0 Å². The molecule has 0 radical (unpaired) electrons. The molecule has 3 amide bonds. The van der Waals surface area contributed by atoms with Crippen LogP contribution in [0.1, 0.15) is 13.3 Å². The van der Waals surface area contributed by atoms with Crippen LogP contribution in [0.3, 0.4) is 0 Å². The molecule has 148 valence electrons. The molecule has 0 unspecified atom stereocenters. The normalized spacial score (nSPS) is 14.2. The third-order valence-corrected chi connectivity index (χ3v) is 4.61. The molecule has 0 bridgehead atoms. The van der Waals surface area contributed by atoms with E-state index in [2.05, 4.69) is 5.32 Å². The van der Waals surface area contributed by atoms with Gasteiger partial charge in [-0.25, -0.2) is 4.79 Å². The number of carbonyl (C=O) groups is 2. The SMILES string of the molecule is COc1cccc(Oc2ccc(NC(=O)N3CCCN(C(C)=O)CC3)cc2)c1. The number of nitrogens with zero attached hydrogens (tertiary/aromatic N) is 2. The Morgan fingerprint density at radius 1 is 0.893 bits per heavy atom. The van der Waals surface area contributed by atoms with Gasteiger partial charge in [-0.15, -0.1) is 0 Å². The van der Waals surface area contributed by atoms with Crippen molar-refractivity contribution in [3.8, 4) is 17.2 Å². The number of rotatable bonds is 4. The molecular weight excluding hydrogens is 358 g/mol. The number of methoxy groups -OCH3 is 1. The van der Waals surface area contributed by atoms with E-state index in [1.54, 1.807) is 54.2 Å². The molecule has 1 heterocycles. The van der Waals surface area contributed by atoms with Crippen LogP contribution in [-0.2, 0) is 4.79 Å². The molecule has 3 rings (SSSR count). The number of hydrogen-bond acceptors (Lipinski definition) is 4. The zero-order valence-electron chi connectivity index (χ0n) is 16.2. The van der Waals surface area contributed by atoms with Crippen LogP contribution in [0.4, 0.5) is 10.5 Å². The highest BCUT2D eigenvalue weighted by Gasteiger charge is 2.20. The average molecular weight is 383 g/mol. The molecule has 1 fully saturated rings. The van der Waals surface area contributed by atoms with Crippen molar-refractivity contribution in [3.05, 3.63) is 48.5 Å². The van der Waals surface area contributed by atoms with E-state index in [1.165, 1.54) is 0 Å². The summed E-state index contributed by atoms with van der Waals surface area (Å²) in [6, 6.07) is 14.4. The van der Waals surface area contributed by atoms with E-state index in [4.69, 9.17) is 9.47 Å². The largest absolute Gasteiger partial charge is 0.497 e. The summed E-state index contributed by atoms with van der Waals surface area (Å²) in [6.45, 7) is 3.98. The van der Waals surface area contributed by atoms with Gasteiger partial charge in [-0.2, -0.15) is 0 Å². The molecule has 2 aromatic carbocycles. The molecule has 0 aromatic heterocycles. The van der Waals surface area contributed by atoms with E-state index in [0.717, 1.165) is 12.2 Å². The van der Waals surface area contributed by atoms with E-state index in [0.29, 0.717) is 43.4 Å². The monoisotopic (exact) mass is 383 g/mol. The Balaban J connectivity index is 1.56. The topological polar surface area (TPSA) is 71.1 Å². The molecule has 1 N–H and O–H groups in total. The minimum Gasteiger partial charge on any atom is -0.497 e. The Morgan fingerprint density at radius 2 is 1.57 bits per heavy atom. The Kier molecular flexibility index (Phi) is 6.37. The molecule has 28 heavy (non-hydrogen) atoms. The average Bonchev–Trinajstić information content (AvgIpc) is 2.96. The number of amides is 3. The van der Waals surface area contributed by atoms with Gasteiger partial charge in [0.1, 0.15) is 17.2 Å². The van der Waals surface area contributed by atoms with E-state index >= 15 is 0 Å². The first-order valence-electron chi connectivity index (χ1n) is 9.28. The minimum absolute atomic E-state index is 0.0499. The molecule has 0 spiro atoms. The van der Waals surface area contributed by atoms with Crippen LogP contribution in [0.15, 0.2) is 48.5 Å². The van der Waals surface area contributed by atoms with Gasteiger partial charge in [0.25, 0.3) is 0 Å². The summed E-state index contributed by atoms with van der Waals surface area (Å²) in [5.74, 6) is 2.12. The maximum atomic E-state index is 12.5. The molecule has 7 nitrogen and oxygen atoms in total. The fraction of sp³-hybridized carbons (Fsp3) is 0.333. The summed E-state index contributed by atoms with van der Waals surface area (Å²) in [5.41, 5.74) is 0.690. The summed E-state index contributed by atoms with van der Waals surface area (Å²) in [6.07, 6.45) is 0.778. The number of urea groups is 1. The van der Waals surface area contributed by atoms with Crippen molar-refractivity contribution < 1.29 is 19.1 Å². The summed E-state index contributed by atoms with van der Waals surface area (Å²) >= 11 is 0. The standard InChI is InChI=1S/C21H25N3O4/c1-16(25)23-11-4-12-24(14-13-23)21(26)22-17-7-9-18(10-8-17)28-20-6-3-5-19(15-20)27-2/h3,5-10,15H,4,11-14H2,1-2H3,(H,22,26). The number of anilines is 1. The number of ether oxygens (including phenoxy) is 2. The molecule has 1 saturated heterocycles. The zero-order chi connectivity index (χ0) is 19.9. The first kappa shape index (κ1) is 19.5. The van der Waals surface area contributed by atoms with Gasteiger partial charge >= 0.3 is 6.03 Å². The van der Waals surface area contributed by atoms with Gasteiger partial charge in [0, 0.05) is 44.9 Å². The van der Waals surface area contributed by atoms with E-state index in [1.807, 2.05) is 18.2 Å². The highest BCUT2D eigenvalue weighted by molar-refractivity contribution is 5.89. The van der Waals surface area contributed by atoms with Crippen molar-refractivity contribution in [2.24, 2.45) is 0 Å². The van der Waals surface area contributed by atoms with Gasteiger partial charge in [-0.1, -0.05) is 6.07 Å². The van der Waals surface area contributed by atoms with Crippen LogP contribution in [-0.4, -0.2) is 55.0 Å². The summed E-state index contributed by atoms with van der Waals surface area (Å²) < 4.78 is 11.0. The Hall–Kier alpha value is -3.22. The van der Waals surface area contributed by atoms with Gasteiger partial charge < -0.3 is 24.6 Å². The maximum absolute atomic E-state index is 12.5. The van der Waals surface area contributed by atoms with Gasteiger partial charge in [0.15, 0.2) is 0 Å². The highest BCUT2D eigenvalue weighted by atomic mass is 16.5. The van der Waals surface area contributed by atoms with Crippen molar-refractivity contribution in [2.75, 3.05) is 38.6 Å². The lowest BCUT2D eigenvalue weighted by molar-refractivity contribution is -0.128. The molecule has 1 aliphatic rings. The predicted octanol–water partition coefficient (Wildman–Crippen LogP) is 3.57. The van der Waals surface area contributed by atoms with Crippen LogP contribution >= 0.6 is 0 Å². The van der Waals surface area contributed by atoms with Crippen LogP contribution in [0.2, 0.25) is 0 Å². The fourth-order valence-corrected chi connectivity index (χ4v) is 3.05. The summed E-state index contributed by atoms with van der Waals surface area (Å²) in [5, 5.41) is 2.90. The molecule has 2 aromatic rings. The van der Waals surface area contributed by atoms with Crippen molar-refractivity contribution in [3.63, 3.8) is 0 Å². The predicted molar refractivity (Wildman–Crippen MR) is 107 cm³/mol. The molecule has 0 atom stereocenters. The van der Waals surface area contributed by atoms with E-state index in [9.17, 15) is 9.59 Å². The quantitative estimate of drug-likeness (QED) is 0.876. The van der Waals surface area contributed by atoms with Gasteiger partial charge in [-0.3, -0.25) is 4.79 Å². The molecular formula is C21H25N3O4. The van der Waals surface area contributed by atoms with Crippen LogP contribution < -0.4 is 14.8 Å². The molecule has 7 heteroatoms. The Labute approximate surface area is 164 Å². The zero-order valence-corrected chi connectivity index (χ0v) is 16.2. The van der Waals surface area contributed by atoms with Crippen LogP contribution in [0.25, 0.3) is 0 Å². The lowest BCUT2D eigenvalue weighted by Gasteiger charge is -2.21. The van der Waals surface area contributed by atoms with Crippen LogP contribution in [0.5, 0.6) is 17.2 Å². The van der Waals surface area contributed by atoms with Gasteiger partial charge in [0.2, 0.25) is 5.91 Å². The number of hydrogen-bond donors (Lipinski definition) is 1. The second-order valence-electron chi connectivity index (χ2n) is 6.58. The molecule has 0 saturated carbocycles. The van der Waals surface area contributed by atoms with Gasteiger partial charge in [-0.05, 0) is 42.8 Å². The van der Waals surface area contributed by atoms with Crippen molar-refractivity contribution in [1.29, 1.82) is 0 Å². The van der Waals surface area contributed by atoms with Crippen molar-refractivity contribution >= 4 is 17.6 Å². The third-order valence-electron chi connectivity index (χ3n) is 4.61. The van der Waals surface area contributed by atoms with Crippen LogP contribution in [0, 0.1) is 0 Å². The third kappa shape index (κ3) is 5.16. The maximum Gasteiger partial charge on any atom is 0.321 e. The first-order chi connectivity index (χ1) is 13.5. The summed E-state index contributed by atoms with van der Waals surface area (Å²) in [4.78, 5) is 27.5. The number of benzene rings is 2. The van der Waals surface area contributed by atoms with Gasteiger partial charge in [0.05, 0.1) is 7.11 Å².